The van der Waals surface area contributed by atoms with E-state index >= 15 is 0 Å². The molecule has 0 aromatic heterocycles. The first kappa shape index (κ1) is 20.9. The van der Waals surface area contributed by atoms with Crippen molar-refractivity contribution >= 4 is 23.9 Å². The first-order valence-corrected chi connectivity index (χ1v) is 10.8. The fourth-order valence-corrected chi connectivity index (χ4v) is 5.49. The number of hydrogen-bond donors (Lipinski definition) is 0. The van der Waals surface area contributed by atoms with E-state index in [1.807, 2.05) is 0 Å². The number of esters is 4. The summed E-state index contributed by atoms with van der Waals surface area (Å²) >= 11 is 0. The maximum absolute atomic E-state index is 12.9. The van der Waals surface area contributed by atoms with E-state index in [9.17, 15) is 19.2 Å². The standard InChI is InChI=1S/C22H28O8/c1-11(2)19(23)27-7-8-28-20(24)13-5-3-4-6-14(13)21(25)29-17-12-9-15-16(10-12)22(26)30-18(15)17/h12-18H,1,3-10H2,2H3. The summed E-state index contributed by atoms with van der Waals surface area (Å²) in [7, 11) is 0. The predicted octanol–water partition coefficient (Wildman–Crippen LogP) is 1.95. The molecule has 3 saturated carbocycles. The van der Waals surface area contributed by atoms with Gasteiger partial charge in [0.15, 0.2) is 0 Å². The third-order valence-electron chi connectivity index (χ3n) is 6.95. The summed E-state index contributed by atoms with van der Waals surface area (Å²) in [6, 6.07) is 0. The minimum absolute atomic E-state index is 0.0358. The average molecular weight is 420 g/mol. The molecule has 8 nitrogen and oxygen atoms in total. The van der Waals surface area contributed by atoms with Gasteiger partial charge in [-0.25, -0.2) is 4.79 Å². The van der Waals surface area contributed by atoms with Crippen LogP contribution in [-0.4, -0.2) is 49.3 Å². The Bertz CT molecular complexity index is 758. The summed E-state index contributed by atoms with van der Waals surface area (Å²) in [5.74, 6) is -2.41. The van der Waals surface area contributed by atoms with Gasteiger partial charge < -0.3 is 18.9 Å². The van der Waals surface area contributed by atoms with Crippen LogP contribution in [0.4, 0.5) is 0 Å². The third kappa shape index (κ3) is 3.84. The molecule has 2 bridgehead atoms. The van der Waals surface area contributed by atoms with Crippen LogP contribution in [0.1, 0.15) is 45.4 Å². The number of carbonyl (C=O) groups is 4. The molecule has 0 spiro atoms. The first-order valence-electron chi connectivity index (χ1n) is 10.8. The average Bonchev–Trinajstić information content (AvgIpc) is 3.36. The zero-order chi connectivity index (χ0) is 21.4. The molecule has 0 aromatic carbocycles. The van der Waals surface area contributed by atoms with Crippen molar-refractivity contribution in [2.75, 3.05) is 13.2 Å². The van der Waals surface area contributed by atoms with Crippen molar-refractivity contribution < 1.29 is 38.1 Å². The van der Waals surface area contributed by atoms with Crippen LogP contribution in [0.3, 0.4) is 0 Å². The van der Waals surface area contributed by atoms with Crippen LogP contribution in [0.15, 0.2) is 12.2 Å². The van der Waals surface area contributed by atoms with Crippen molar-refractivity contribution in [2.45, 2.75) is 57.7 Å². The fourth-order valence-electron chi connectivity index (χ4n) is 5.49. The van der Waals surface area contributed by atoms with Gasteiger partial charge in [0.25, 0.3) is 0 Å². The van der Waals surface area contributed by atoms with E-state index in [0.717, 1.165) is 25.7 Å². The van der Waals surface area contributed by atoms with Gasteiger partial charge in [0.05, 0.1) is 17.8 Å². The maximum atomic E-state index is 12.9. The maximum Gasteiger partial charge on any atom is 0.333 e. The monoisotopic (exact) mass is 420 g/mol. The number of carbonyl (C=O) groups excluding carboxylic acids is 4. The van der Waals surface area contributed by atoms with E-state index < -0.39 is 35.8 Å². The van der Waals surface area contributed by atoms with E-state index in [1.165, 1.54) is 6.92 Å². The van der Waals surface area contributed by atoms with Crippen molar-refractivity contribution in [3.8, 4) is 0 Å². The van der Waals surface area contributed by atoms with Gasteiger partial charge >= 0.3 is 23.9 Å². The number of fused-ring (bicyclic) bond motifs is 1. The molecule has 0 radical (unpaired) electrons. The lowest BCUT2D eigenvalue weighted by molar-refractivity contribution is -0.173. The largest absolute Gasteiger partial charge is 0.462 e. The molecular formula is C22H28O8. The van der Waals surface area contributed by atoms with E-state index in [2.05, 4.69) is 6.58 Å². The molecule has 4 fully saturated rings. The van der Waals surface area contributed by atoms with Gasteiger partial charge in [0.1, 0.15) is 25.4 Å². The predicted molar refractivity (Wildman–Crippen MR) is 102 cm³/mol. The van der Waals surface area contributed by atoms with Crippen molar-refractivity contribution in [3.63, 3.8) is 0 Å². The molecular weight excluding hydrogens is 392 g/mol. The number of ether oxygens (including phenoxy) is 4. The molecule has 1 saturated heterocycles. The van der Waals surface area contributed by atoms with Crippen LogP contribution in [0.25, 0.3) is 0 Å². The van der Waals surface area contributed by atoms with Gasteiger partial charge in [-0.2, -0.15) is 0 Å². The molecule has 4 aliphatic rings. The van der Waals surface area contributed by atoms with Crippen LogP contribution in [0.2, 0.25) is 0 Å². The molecule has 3 aliphatic carbocycles. The molecule has 0 amide bonds. The molecule has 7 unspecified atom stereocenters. The Morgan fingerprint density at radius 2 is 1.70 bits per heavy atom. The third-order valence-corrected chi connectivity index (χ3v) is 6.95. The lowest BCUT2D eigenvalue weighted by atomic mass is 9.79. The SMILES string of the molecule is C=C(C)C(=O)OCCOC(=O)C1CCCCC1C(=O)OC1C2CC3C(=O)OC1C3C2. The van der Waals surface area contributed by atoms with E-state index in [-0.39, 0.29) is 48.6 Å². The summed E-state index contributed by atoms with van der Waals surface area (Å²) in [5.41, 5.74) is 0.274. The second kappa shape index (κ2) is 8.40. The molecule has 164 valence electrons. The van der Waals surface area contributed by atoms with Gasteiger partial charge in [-0.05, 0) is 32.6 Å². The van der Waals surface area contributed by atoms with Gasteiger partial charge in [-0.15, -0.1) is 0 Å². The Morgan fingerprint density at radius 3 is 2.40 bits per heavy atom. The van der Waals surface area contributed by atoms with Crippen molar-refractivity contribution in [1.29, 1.82) is 0 Å². The minimum Gasteiger partial charge on any atom is -0.462 e. The highest BCUT2D eigenvalue weighted by molar-refractivity contribution is 5.87. The quantitative estimate of drug-likeness (QED) is 0.266. The molecule has 4 rings (SSSR count). The minimum atomic E-state index is -0.569. The van der Waals surface area contributed by atoms with E-state index in [0.29, 0.717) is 12.8 Å². The Kier molecular flexibility index (Phi) is 5.84. The summed E-state index contributed by atoms with van der Waals surface area (Å²) in [6.07, 6.45) is 3.65. The summed E-state index contributed by atoms with van der Waals surface area (Å²) < 4.78 is 21.5. The van der Waals surface area contributed by atoms with Gasteiger partial charge in [0, 0.05) is 17.4 Å². The topological polar surface area (TPSA) is 105 Å². The highest BCUT2D eigenvalue weighted by Crippen LogP contribution is 2.55. The van der Waals surface area contributed by atoms with Crippen LogP contribution >= 0.6 is 0 Å². The Morgan fingerprint density at radius 1 is 1.03 bits per heavy atom. The van der Waals surface area contributed by atoms with Crippen LogP contribution < -0.4 is 0 Å². The molecule has 0 N–H and O–H groups in total. The molecule has 7 atom stereocenters. The number of hydrogen-bond acceptors (Lipinski definition) is 8. The normalized spacial score (nSPS) is 36.2. The summed E-state index contributed by atoms with van der Waals surface area (Å²) in [6.45, 7) is 4.90. The zero-order valence-corrected chi connectivity index (χ0v) is 17.2. The Balaban J connectivity index is 1.30. The second-order valence-corrected chi connectivity index (χ2v) is 8.89. The smallest absolute Gasteiger partial charge is 0.333 e. The van der Waals surface area contributed by atoms with Crippen molar-refractivity contribution in [1.82, 2.24) is 0 Å². The Hall–Kier alpha value is -2.38. The zero-order valence-electron chi connectivity index (χ0n) is 17.2. The van der Waals surface area contributed by atoms with E-state index in [4.69, 9.17) is 18.9 Å². The van der Waals surface area contributed by atoms with Crippen LogP contribution in [-0.2, 0) is 38.1 Å². The summed E-state index contributed by atoms with van der Waals surface area (Å²) in [4.78, 5) is 48.8. The lowest BCUT2D eigenvalue weighted by Crippen LogP contribution is -2.41. The molecule has 1 heterocycles. The molecule has 0 aromatic rings. The van der Waals surface area contributed by atoms with Gasteiger partial charge in [-0.1, -0.05) is 19.4 Å². The Labute approximate surface area is 175 Å². The van der Waals surface area contributed by atoms with E-state index in [1.54, 1.807) is 0 Å². The molecule has 8 heteroatoms. The lowest BCUT2D eigenvalue weighted by Gasteiger charge is -2.31. The highest BCUT2D eigenvalue weighted by Gasteiger charge is 2.63. The first-order chi connectivity index (χ1) is 14.4. The van der Waals surface area contributed by atoms with Gasteiger partial charge in [-0.3, -0.25) is 14.4 Å². The second-order valence-electron chi connectivity index (χ2n) is 8.89. The van der Waals surface area contributed by atoms with Crippen molar-refractivity contribution in [2.24, 2.45) is 29.6 Å². The summed E-state index contributed by atoms with van der Waals surface area (Å²) in [5, 5.41) is 0. The highest BCUT2D eigenvalue weighted by atomic mass is 16.6. The van der Waals surface area contributed by atoms with Crippen LogP contribution in [0, 0.1) is 29.6 Å². The van der Waals surface area contributed by atoms with Gasteiger partial charge in [0.2, 0.25) is 0 Å². The van der Waals surface area contributed by atoms with Crippen molar-refractivity contribution in [3.05, 3.63) is 12.2 Å². The fraction of sp³-hybridized carbons (Fsp3) is 0.727. The van der Waals surface area contributed by atoms with Crippen LogP contribution in [0.5, 0.6) is 0 Å². The number of rotatable bonds is 7. The molecule has 1 aliphatic heterocycles. The molecule has 30 heavy (non-hydrogen) atoms.